The van der Waals surface area contributed by atoms with Crippen molar-refractivity contribution in [2.45, 2.75) is 31.7 Å². The maximum Gasteiger partial charge on any atom is 0.224 e. The summed E-state index contributed by atoms with van der Waals surface area (Å²) in [5.74, 6) is -0.0713. The van der Waals surface area contributed by atoms with Crippen LogP contribution in [0.4, 0.5) is 0 Å². The van der Waals surface area contributed by atoms with Gasteiger partial charge in [0.05, 0.1) is 5.54 Å². The van der Waals surface area contributed by atoms with Crippen molar-refractivity contribution in [3.8, 4) is 0 Å². The van der Waals surface area contributed by atoms with Crippen LogP contribution >= 0.6 is 28.3 Å². The molecule has 0 aromatic heterocycles. The van der Waals surface area contributed by atoms with Gasteiger partial charge in [0, 0.05) is 16.9 Å². The van der Waals surface area contributed by atoms with Gasteiger partial charge in [0.1, 0.15) is 0 Å². The van der Waals surface area contributed by atoms with E-state index < -0.39 is 0 Å². The van der Waals surface area contributed by atoms with Crippen molar-refractivity contribution in [2.24, 2.45) is 11.7 Å². The Morgan fingerprint density at radius 1 is 1.42 bits per heavy atom. The molecule has 1 fully saturated rings. The van der Waals surface area contributed by atoms with Crippen molar-refractivity contribution in [1.29, 1.82) is 0 Å². The van der Waals surface area contributed by atoms with Crippen molar-refractivity contribution in [1.82, 2.24) is 5.32 Å². The highest BCUT2D eigenvalue weighted by molar-refractivity contribution is 9.10. The predicted octanol–water partition coefficient (Wildman–Crippen LogP) is 2.96. The molecule has 0 saturated heterocycles. The lowest BCUT2D eigenvalue weighted by Gasteiger charge is -2.43. The van der Waals surface area contributed by atoms with E-state index in [0.717, 1.165) is 23.7 Å². The van der Waals surface area contributed by atoms with Crippen molar-refractivity contribution in [3.05, 3.63) is 34.3 Å². The Morgan fingerprint density at radius 2 is 2.00 bits per heavy atom. The third kappa shape index (κ3) is 3.50. The van der Waals surface area contributed by atoms with E-state index in [2.05, 4.69) is 33.4 Å². The summed E-state index contributed by atoms with van der Waals surface area (Å²) in [4.78, 5) is 12.0. The lowest BCUT2D eigenvalue weighted by Crippen LogP contribution is -2.52. The normalized spacial score (nSPS) is 17.8. The topological polar surface area (TPSA) is 55.1 Å². The SMILES string of the molecule is CC(CN)C(=O)NC1(c2ccc(Br)cc2)CCC1.Cl. The molecular weight excluding hydrogens is 328 g/mol. The van der Waals surface area contributed by atoms with Crippen molar-refractivity contribution >= 4 is 34.2 Å². The standard InChI is InChI=1S/C14H19BrN2O.ClH/c1-10(9-16)13(18)17-14(7-2-8-14)11-3-5-12(15)6-4-11;/h3-6,10H,2,7-9,16H2,1H3,(H,17,18);1H. The second-order valence-electron chi connectivity index (χ2n) is 5.07. The first-order valence-electron chi connectivity index (χ1n) is 6.35. The first kappa shape index (κ1) is 16.5. The fourth-order valence-corrected chi connectivity index (χ4v) is 2.52. The van der Waals surface area contributed by atoms with Crippen LogP contribution in [-0.2, 0) is 10.3 Å². The van der Waals surface area contributed by atoms with Crippen LogP contribution in [0.1, 0.15) is 31.7 Å². The van der Waals surface area contributed by atoms with E-state index in [9.17, 15) is 4.79 Å². The predicted molar refractivity (Wildman–Crippen MR) is 83.3 cm³/mol. The van der Waals surface area contributed by atoms with Gasteiger partial charge in [-0.2, -0.15) is 0 Å². The number of carbonyl (C=O) groups excluding carboxylic acids is 1. The number of hydrogen-bond acceptors (Lipinski definition) is 2. The van der Waals surface area contributed by atoms with Gasteiger partial charge in [-0.25, -0.2) is 0 Å². The van der Waals surface area contributed by atoms with E-state index in [-0.39, 0.29) is 29.8 Å². The molecule has 1 atom stereocenters. The molecule has 3 nitrogen and oxygen atoms in total. The molecular formula is C14H20BrClN2O. The Labute approximate surface area is 128 Å². The number of carbonyl (C=O) groups is 1. The van der Waals surface area contributed by atoms with E-state index in [1.165, 1.54) is 5.56 Å². The van der Waals surface area contributed by atoms with Gasteiger partial charge in [-0.15, -0.1) is 12.4 Å². The maximum absolute atomic E-state index is 12.0. The third-order valence-corrected chi connectivity index (χ3v) is 4.30. The van der Waals surface area contributed by atoms with Gasteiger partial charge < -0.3 is 11.1 Å². The number of nitrogens with one attached hydrogen (secondary N) is 1. The Kier molecular flexibility index (Phi) is 5.83. The third-order valence-electron chi connectivity index (χ3n) is 3.77. The minimum atomic E-state index is -0.165. The second-order valence-corrected chi connectivity index (χ2v) is 5.98. The summed E-state index contributed by atoms with van der Waals surface area (Å²) < 4.78 is 1.06. The zero-order chi connectivity index (χ0) is 13.2. The van der Waals surface area contributed by atoms with Crippen LogP contribution in [0.15, 0.2) is 28.7 Å². The summed E-state index contributed by atoms with van der Waals surface area (Å²) in [6, 6.07) is 8.20. The number of hydrogen-bond donors (Lipinski definition) is 2. The quantitative estimate of drug-likeness (QED) is 0.880. The molecule has 106 valence electrons. The number of amides is 1. The molecule has 0 radical (unpaired) electrons. The Balaban J connectivity index is 0.00000180. The summed E-state index contributed by atoms with van der Waals surface area (Å²) in [7, 11) is 0. The molecule has 1 aromatic rings. The van der Waals surface area contributed by atoms with Crippen LogP contribution in [0.5, 0.6) is 0 Å². The van der Waals surface area contributed by atoms with Gasteiger partial charge in [-0.05, 0) is 37.0 Å². The average Bonchev–Trinajstić information content (AvgIpc) is 2.33. The number of halogens is 2. The average molecular weight is 348 g/mol. The summed E-state index contributed by atoms with van der Waals surface area (Å²) in [5.41, 5.74) is 6.57. The number of rotatable bonds is 4. The first-order chi connectivity index (χ1) is 8.57. The van der Waals surface area contributed by atoms with Crippen LogP contribution in [0, 0.1) is 5.92 Å². The van der Waals surface area contributed by atoms with E-state index in [0.29, 0.717) is 6.54 Å². The van der Waals surface area contributed by atoms with Gasteiger partial charge in [0.25, 0.3) is 0 Å². The molecule has 1 aliphatic rings. The Bertz CT molecular complexity index is 432. The Hall–Kier alpha value is -0.580. The van der Waals surface area contributed by atoms with Crippen molar-refractivity contribution < 1.29 is 4.79 Å². The first-order valence-corrected chi connectivity index (χ1v) is 7.15. The van der Waals surface area contributed by atoms with E-state index in [1.807, 2.05) is 19.1 Å². The molecule has 19 heavy (non-hydrogen) atoms. The summed E-state index contributed by atoms with van der Waals surface area (Å²) in [5, 5.41) is 3.18. The zero-order valence-corrected chi connectivity index (χ0v) is 13.4. The van der Waals surface area contributed by atoms with Gasteiger partial charge in [-0.3, -0.25) is 4.79 Å². The van der Waals surface area contributed by atoms with Gasteiger partial charge in [0.2, 0.25) is 5.91 Å². The highest BCUT2D eigenvalue weighted by Crippen LogP contribution is 2.41. The summed E-state index contributed by atoms with van der Waals surface area (Å²) in [6.45, 7) is 2.26. The lowest BCUT2D eigenvalue weighted by atomic mass is 9.71. The Morgan fingerprint density at radius 3 is 2.42 bits per heavy atom. The van der Waals surface area contributed by atoms with Crippen molar-refractivity contribution in [3.63, 3.8) is 0 Å². The van der Waals surface area contributed by atoms with Gasteiger partial charge in [0.15, 0.2) is 0 Å². The summed E-state index contributed by atoms with van der Waals surface area (Å²) >= 11 is 3.43. The monoisotopic (exact) mass is 346 g/mol. The largest absolute Gasteiger partial charge is 0.346 e. The lowest BCUT2D eigenvalue weighted by molar-refractivity contribution is -0.127. The highest BCUT2D eigenvalue weighted by atomic mass is 79.9. The van der Waals surface area contributed by atoms with E-state index >= 15 is 0 Å². The van der Waals surface area contributed by atoms with Crippen LogP contribution in [0.2, 0.25) is 0 Å². The minimum absolute atomic E-state index is 0. The molecule has 0 spiro atoms. The molecule has 0 aliphatic heterocycles. The van der Waals surface area contributed by atoms with E-state index in [4.69, 9.17) is 5.73 Å². The highest BCUT2D eigenvalue weighted by Gasteiger charge is 2.40. The molecule has 5 heteroatoms. The molecule has 2 rings (SSSR count). The zero-order valence-electron chi connectivity index (χ0n) is 11.0. The van der Waals surface area contributed by atoms with Gasteiger partial charge >= 0.3 is 0 Å². The fraction of sp³-hybridized carbons (Fsp3) is 0.500. The van der Waals surface area contributed by atoms with Crippen LogP contribution < -0.4 is 11.1 Å². The molecule has 0 bridgehead atoms. The van der Waals surface area contributed by atoms with Gasteiger partial charge in [-0.1, -0.05) is 35.0 Å². The molecule has 0 heterocycles. The van der Waals surface area contributed by atoms with E-state index in [1.54, 1.807) is 0 Å². The second kappa shape index (κ2) is 6.73. The summed E-state index contributed by atoms with van der Waals surface area (Å²) in [6.07, 6.45) is 3.18. The van der Waals surface area contributed by atoms with Crippen molar-refractivity contribution in [2.75, 3.05) is 6.54 Å². The van der Waals surface area contributed by atoms with Crippen LogP contribution in [0.25, 0.3) is 0 Å². The molecule has 1 aromatic carbocycles. The molecule has 1 saturated carbocycles. The maximum atomic E-state index is 12.0. The molecule has 1 aliphatic carbocycles. The molecule has 3 N–H and O–H groups in total. The number of benzene rings is 1. The minimum Gasteiger partial charge on any atom is -0.346 e. The number of nitrogens with two attached hydrogens (primary N) is 1. The van der Waals surface area contributed by atoms with Crippen LogP contribution in [-0.4, -0.2) is 12.5 Å². The fourth-order valence-electron chi connectivity index (χ4n) is 2.25. The molecule has 1 unspecified atom stereocenters. The smallest absolute Gasteiger partial charge is 0.224 e. The molecule has 1 amide bonds. The van der Waals surface area contributed by atoms with Crippen LogP contribution in [0.3, 0.4) is 0 Å².